The van der Waals surface area contributed by atoms with E-state index in [0.717, 1.165) is 13.1 Å². The van der Waals surface area contributed by atoms with Crippen LogP contribution in [-0.2, 0) is 0 Å². The van der Waals surface area contributed by atoms with Crippen LogP contribution in [0, 0.1) is 0 Å². The summed E-state index contributed by atoms with van der Waals surface area (Å²) < 4.78 is 0. The van der Waals surface area contributed by atoms with Crippen LogP contribution in [0.2, 0.25) is 0 Å². The fourth-order valence-electron chi connectivity index (χ4n) is 0.957. The number of rotatable bonds is 2. The lowest BCUT2D eigenvalue weighted by Gasteiger charge is -2.07. The first kappa shape index (κ1) is 6.33. The molecule has 0 aromatic heterocycles. The third-order valence-corrected chi connectivity index (χ3v) is 1.42. The highest BCUT2D eigenvalue weighted by atomic mass is 15.4. The third-order valence-electron chi connectivity index (χ3n) is 1.42. The van der Waals surface area contributed by atoms with Gasteiger partial charge in [0.25, 0.3) is 0 Å². The molecule has 1 aliphatic rings. The predicted octanol–water partition coefficient (Wildman–Crippen LogP) is 1.25. The Balaban J connectivity index is 2.25. The molecule has 0 spiro atoms. The maximum atomic E-state index is 4.13. The second kappa shape index (κ2) is 3.28. The molecule has 0 N–H and O–H groups in total. The zero-order valence-corrected chi connectivity index (χ0v) is 5.58. The Morgan fingerprint density at radius 3 is 2.56 bits per heavy atom. The maximum absolute atomic E-state index is 4.13. The molecule has 0 radical (unpaired) electrons. The molecule has 1 rings (SSSR count). The van der Waals surface area contributed by atoms with E-state index in [0.29, 0.717) is 0 Å². The van der Waals surface area contributed by atoms with Gasteiger partial charge in [-0.25, -0.2) is 0 Å². The first-order valence-electron chi connectivity index (χ1n) is 3.33. The molecule has 0 aliphatic carbocycles. The highest BCUT2D eigenvalue weighted by Gasteiger charge is 2.06. The van der Waals surface area contributed by atoms with E-state index >= 15 is 0 Å². The second-order valence-corrected chi connectivity index (χ2v) is 2.16. The van der Waals surface area contributed by atoms with Crippen molar-refractivity contribution in [1.82, 2.24) is 5.01 Å². The molecular formula is C7H12N2. The topological polar surface area (TPSA) is 15.6 Å². The lowest BCUT2D eigenvalue weighted by Crippen LogP contribution is -2.10. The van der Waals surface area contributed by atoms with Crippen molar-refractivity contribution >= 4 is 6.21 Å². The lowest BCUT2D eigenvalue weighted by molar-refractivity contribution is 0.362. The molecule has 0 bridgehead atoms. The third kappa shape index (κ3) is 1.88. The van der Waals surface area contributed by atoms with Crippen LogP contribution in [0.5, 0.6) is 0 Å². The van der Waals surface area contributed by atoms with Crippen LogP contribution < -0.4 is 0 Å². The van der Waals surface area contributed by atoms with Crippen LogP contribution in [0.4, 0.5) is 0 Å². The molecule has 0 aromatic rings. The normalized spacial score (nSPS) is 19.3. The minimum atomic E-state index is 1.12. The number of hydrazone groups is 1. The number of hydrogen-bond acceptors (Lipinski definition) is 2. The molecule has 9 heavy (non-hydrogen) atoms. The highest BCUT2D eigenvalue weighted by molar-refractivity contribution is 5.69. The Morgan fingerprint density at radius 2 is 2.00 bits per heavy atom. The Bertz CT molecular complexity index is 112. The molecular weight excluding hydrogens is 112 g/mol. The number of nitrogens with zero attached hydrogens (tertiary/aromatic N) is 2. The summed E-state index contributed by atoms with van der Waals surface area (Å²) in [5, 5.41) is 6.20. The van der Waals surface area contributed by atoms with E-state index in [4.69, 9.17) is 0 Å². The van der Waals surface area contributed by atoms with Crippen molar-refractivity contribution in [3.63, 3.8) is 0 Å². The molecule has 0 saturated carbocycles. The monoisotopic (exact) mass is 124 g/mol. The fourth-order valence-corrected chi connectivity index (χ4v) is 0.957. The van der Waals surface area contributed by atoms with Gasteiger partial charge in [0.2, 0.25) is 0 Å². The first-order chi connectivity index (χ1) is 4.43. The van der Waals surface area contributed by atoms with Crippen molar-refractivity contribution < 1.29 is 0 Å². The summed E-state index contributed by atoms with van der Waals surface area (Å²) in [7, 11) is 0. The van der Waals surface area contributed by atoms with Crippen molar-refractivity contribution in [2.75, 3.05) is 13.1 Å². The van der Waals surface area contributed by atoms with Crippen LogP contribution in [0.1, 0.15) is 12.8 Å². The minimum Gasteiger partial charge on any atom is -0.297 e. The van der Waals surface area contributed by atoms with Gasteiger partial charge in [0, 0.05) is 19.3 Å². The van der Waals surface area contributed by atoms with Crippen molar-refractivity contribution in [3.8, 4) is 0 Å². The van der Waals surface area contributed by atoms with Crippen molar-refractivity contribution in [3.05, 3.63) is 12.7 Å². The van der Waals surface area contributed by atoms with Crippen molar-refractivity contribution in [2.24, 2.45) is 5.10 Å². The molecule has 0 aromatic carbocycles. The molecule has 2 heteroatoms. The molecule has 50 valence electrons. The first-order valence-corrected chi connectivity index (χ1v) is 3.33. The summed E-state index contributed by atoms with van der Waals surface area (Å²) in [5.74, 6) is 0. The van der Waals surface area contributed by atoms with Crippen LogP contribution in [0.3, 0.4) is 0 Å². The molecule has 1 aliphatic heterocycles. The van der Waals surface area contributed by atoms with Crippen LogP contribution in [0.25, 0.3) is 0 Å². The summed E-state index contributed by atoms with van der Waals surface area (Å²) in [4.78, 5) is 0. The second-order valence-electron chi connectivity index (χ2n) is 2.16. The average Bonchev–Trinajstić information content (AvgIpc) is 2.34. The zero-order chi connectivity index (χ0) is 6.53. The lowest BCUT2D eigenvalue weighted by atomic mass is 10.4. The van der Waals surface area contributed by atoms with E-state index in [2.05, 4.69) is 16.7 Å². The highest BCUT2D eigenvalue weighted by Crippen LogP contribution is 2.05. The average molecular weight is 124 g/mol. The fraction of sp³-hybridized carbons (Fsp3) is 0.571. The molecule has 0 atom stereocenters. The molecule has 1 heterocycles. The molecule has 0 unspecified atom stereocenters. The van der Waals surface area contributed by atoms with Crippen LogP contribution in [0.15, 0.2) is 17.8 Å². The Labute approximate surface area is 55.9 Å². The van der Waals surface area contributed by atoms with E-state index in [9.17, 15) is 0 Å². The molecule has 1 saturated heterocycles. The van der Waals surface area contributed by atoms with Gasteiger partial charge < -0.3 is 0 Å². The van der Waals surface area contributed by atoms with Gasteiger partial charge >= 0.3 is 0 Å². The van der Waals surface area contributed by atoms with Crippen molar-refractivity contribution in [1.29, 1.82) is 0 Å². The van der Waals surface area contributed by atoms with E-state index < -0.39 is 0 Å². The smallest absolute Gasteiger partial charge is 0.0464 e. The predicted molar refractivity (Wildman–Crippen MR) is 39.5 cm³/mol. The van der Waals surface area contributed by atoms with Gasteiger partial charge in [0.05, 0.1) is 0 Å². The van der Waals surface area contributed by atoms with E-state index in [1.54, 1.807) is 12.3 Å². The van der Waals surface area contributed by atoms with E-state index in [1.165, 1.54) is 12.8 Å². The number of hydrogen-bond donors (Lipinski definition) is 0. The standard InChI is InChI=1S/C7H12N2/c1-2-5-8-9-6-3-4-7-9/h2,5H,1,3-4,6-7H2/b8-5+. The molecule has 2 nitrogen and oxygen atoms in total. The van der Waals surface area contributed by atoms with Crippen molar-refractivity contribution in [2.45, 2.75) is 12.8 Å². The van der Waals surface area contributed by atoms with E-state index in [1.807, 2.05) is 0 Å². The van der Waals surface area contributed by atoms with Gasteiger partial charge in [-0.1, -0.05) is 6.58 Å². The van der Waals surface area contributed by atoms with Crippen LogP contribution in [-0.4, -0.2) is 24.3 Å². The molecule has 1 fully saturated rings. The van der Waals surface area contributed by atoms with Gasteiger partial charge in [-0.2, -0.15) is 5.10 Å². The summed E-state index contributed by atoms with van der Waals surface area (Å²) in [6, 6.07) is 0. The summed E-state index contributed by atoms with van der Waals surface area (Å²) >= 11 is 0. The summed E-state index contributed by atoms with van der Waals surface area (Å²) in [5.41, 5.74) is 0. The van der Waals surface area contributed by atoms with Gasteiger partial charge in [0.15, 0.2) is 0 Å². The number of allylic oxidation sites excluding steroid dienone is 1. The van der Waals surface area contributed by atoms with Gasteiger partial charge in [-0.05, 0) is 18.9 Å². The molecule has 0 amide bonds. The minimum absolute atomic E-state index is 1.12. The Hall–Kier alpha value is -0.790. The largest absolute Gasteiger partial charge is 0.297 e. The summed E-state index contributed by atoms with van der Waals surface area (Å²) in [6.07, 6.45) is 6.02. The quantitative estimate of drug-likeness (QED) is 0.506. The Morgan fingerprint density at radius 1 is 1.33 bits per heavy atom. The van der Waals surface area contributed by atoms with Gasteiger partial charge in [0.1, 0.15) is 0 Å². The summed E-state index contributed by atoms with van der Waals surface area (Å²) in [6.45, 7) is 5.78. The maximum Gasteiger partial charge on any atom is 0.0464 e. The van der Waals surface area contributed by atoms with Gasteiger partial charge in [-0.3, -0.25) is 5.01 Å². The zero-order valence-electron chi connectivity index (χ0n) is 5.58. The SMILES string of the molecule is C=C/C=N/N1CCCC1. The van der Waals surface area contributed by atoms with E-state index in [-0.39, 0.29) is 0 Å². The van der Waals surface area contributed by atoms with Gasteiger partial charge in [-0.15, -0.1) is 0 Å². The Kier molecular flexibility index (Phi) is 2.31. The van der Waals surface area contributed by atoms with Crippen LogP contribution >= 0.6 is 0 Å².